The first-order valence-electron chi connectivity index (χ1n) is 6.30. The third-order valence-electron chi connectivity index (χ3n) is 3.80. The van der Waals surface area contributed by atoms with Crippen LogP contribution >= 0.6 is 0 Å². The Morgan fingerprint density at radius 2 is 1.94 bits per heavy atom. The van der Waals surface area contributed by atoms with Crippen molar-refractivity contribution >= 4 is 5.91 Å². The van der Waals surface area contributed by atoms with Gasteiger partial charge in [-0.25, -0.2) is 0 Å². The van der Waals surface area contributed by atoms with Gasteiger partial charge in [-0.15, -0.1) is 0 Å². The van der Waals surface area contributed by atoms with Gasteiger partial charge < -0.3 is 21.3 Å². The average Bonchev–Trinajstić information content (AvgIpc) is 2.27. The summed E-state index contributed by atoms with van der Waals surface area (Å²) in [7, 11) is 4.26. The van der Waals surface area contributed by atoms with Gasteiger partial charge in [-0.2, -0.15) is 0 Å². The van der Waals surface area contributed by atoms with E-state index in [1.165, 1.54) is 12.8 Å². The minimum Gasteiger partial charge on any atom is -0.368 e. The van der Waals surface area contributed by atoms with E-state index in [9.17, 15) is 4.79 Å². The van der Waals surface area contributed by atoms with Crippen LogP contribution in [-0.4, -0.2) is 61.0 Å². The van der Waals surface area contributed by atoms with Crippen LogP contribution in [0.2, 0.25) is 0 Å². The van der Waals surface area contributed by atoms with Crippen LogP contribution < -0.4 is 11.5 Å². The second-order valence-corrected chi connectivity index (χ2v) is 5.57. The Morgan fingerprint density at radius 1 is 1.41 bits per heavy atom. The van der Waals surface area contributed by atoms with Crippen molar-refractivity contribution in [2.24, 2.45) is 11.5 Å². The molecule has 1 unspecified atom stereocenters. The Morgan fingerprint density at radius 3 is 2.35 bits per heavy atom. The van der Waals surface area contributed by atoms with Crippen LogP contribution in [0.5, 0.6) is 0 Å². The van der Waals surface area contributed by atoms with Crippen LogP contribution in [0.15, 0.2) is 0 Å². The molecule has 17 heavy (non-hydrogen) atoms. The molecular weight excluding hydrogens is 216 g/mol. The van der Waals surface area contributed by atoms with Gasteiger partial charge in [0.25, 0.3) is 0 Å². The van der Waals surface area contributed by atoms with E-state index >= 15 is 0 Å². The van der Waals surface area contributed by atoms with Crippen LogP contribution in [0.1, 0.15) is 26.2 Å². The van der Waals surface area contributed by atoms with E-state index < -0.39 is 11.4 Å². The molecule has 4 N–H and O–H groups in total. The summed E-state index contributed by atoms with van der Waals surface area (Å²) in [6, 6.07) is 0.687. The zero-order valence-corrected chi connectivity index (χ0v) is 11.3. The Bertz CT molecular complexity index is 257. The zero-order chi connectivity index (χ0) is 13.1. The van der Waals surface area contributed by atoms with Crippen molar-refractivity contribution in [3.8, 4) is 0 Å². The van der Waals surface area contributed by atoms with Crippen molar-refractivity contribution in [3.05, 3.63) is 0 Å². The second-order valence-electron chi connectivity index (χ2n) is 5.57. The van der Waals surface area contributed by atoms with Gasteiger partial charge in [0.1, 0.15) is 0 Å². The first-order valence-corrected chi connectivity index (χ1v) is 6.30. The molecule has 100 valence electrons. The van der Waals surface area contributed by atoms with Gasteiger partial charge in [0.2, 0.25) is 5.91 Å². The van der Waals surface area contributed by atoms with Crippen molar-refractivity contribution in [1.82, 2.24) is 9.80 Å². The zero-order valence-electron chi connectivity index (χ0n) is 11.3. The van der Waals surface area contributed by atoms with Crippen molar-refractivity contribution in [2.45, 2.75) is 37.8 Å². The highest BCUT2D eigenvalue weighted by Crippen LogP contribution is 2.15. The summed E-state index contributed by atoms with van der Waals surface area (Å²) in [6.45, 7) is 4.73. The number of hydrogen-bond donors (Lipinski definition) is 2. The third-order valence-corrected chi connectivity index (χ3v) is 3.80. The van der Waals surface area contributed by atoms with Gasteiger partial charge in [0.05, 0.1) is 5.54 Å². The number of likely N-dealkylation sites (tertiary alicyclic amines) is 1. The molecule has 5 nitrogen and oxygen atoms in total. The predicted octanol–water partition coefficient (Wildman–Crippen LogP) is -0.395. The maximum absolute atomic E-state index is 11.1. The lowest BCUT2D eigenvalue weighted by Crippen LogP contribution is -2.52. The highest BCUT2D eigenvalue weighted by Gasteiger charge is 2.27. The normalized spacial score (nSPS) is 22.6. The number of carbonyl (C=O) groups is 1. The highest BCUT2D eigenvalue weighted by atomic mass is 16.1. The fourth-order valence-electron chi connectivity index (χ4n) is 2.17. The monoisotopic (exact) mass is 242 g/mol. The molecule has 1 atom stereocenters. The van der Waals surface area contributed by atoms with E-state index in [0.717, 1.165) is 19.6 Å². The van der Waals surface area contributed by atoms with E-state index in [-0.39, 0.29) is 0 Å². The lowest BCUT2D eigenvalue weighted by Gasteiger charge is -2.36. The molecule has 0 radical (unpaired) electrons. The molecule has 1 rings (SSSR count). The number of rotatable bonds is 5. The van der Waals surface area contributed by atoms with Crippen LogP contribution in [0.4, 0.5) is 0 Å². The number of carbonyl (C=O) groups excluding carboxylic acids is 1. The molecule has 1 saturated heterocycles. The van der Waals surface area contributed by atoms with Crippen LogP contribution in [0, 0.1) is 0 Å². The summed E-state index contributed by atoms with van der Waals surface area (Å²) in [6.07, 6.45) is 3.00. The fraction of sp³-hybridized carbons (Fsp3) is 0.917. The summed E-state index contributed by atoms with van der Waals surface area (Å²) >= 11 is 0. The number of amides is 1. The van der Waals surface area contributed by atoms with E-state index in [1.807, 2.05) is 0 Å². The summed E-state index contributed by atoms with van der Waals surface area (Å²) in [5.74, 6) is -0.416. The standard InChI is InChI=1S/C12H26N4O/c1-12(14,11(13)17)6-9-16-7-4-10(5-8-16)15(2)3/h10H,4-9,14H2,1-3H3,(H2,13,17). The molecule has 1 fully saturated rings. The minimum atomic E-state index is -0.877. The molecule has 0 aromatic rings. The summed E-state index contributed by atoms with van der Waals surface area (Å²) < 4.78 is 0. The first-order chi connectivity index (χ1) is 7.83. The van der Waals surface area contributed by atoms with E-state index in [0.29, 0.717) is 12.5 Å². The Kier molecular flexibility index (Phi) is 4.91. The molecule has 1 aliphatic rings. The molecule has 1 amide bonds. The van der Waals surface area contributed by atoms with E-state index in [4.69, 9.17) is 11.5 Å². The smallest absolute Gasteiger partial charge is 0.237 e. The van der Waals surface area contributed by atoms with Gasteiger partial charge in [-0.1, -0.05) is 0 Å². The molecule has 1 heterocycles. The molecule has 1 aliphatic heterocycles. The molecule has 0 saturated carbocycles. The molecule has 0 aliphatic carbocycles. The van der Waals surface area contributed by atoms with Gasteiger partial charge in [0.15, 0.2) is 0 Å². The molecule has 0 bridgehead atoms. The van der Waals surface area contributed by atoms with Crippen LogP contribution in [-0.2, 0) is 4.79 Å². The summed E-state index contributed by atoms with van der Waals surface area (Å²) in [5.41, 5.74) is 10.2. The van der Waals surface area contributed by atoms with Crippen molar-refractivity contribution < 1.29 is 4.79 Å². The van der Waals surface area contributed by atoms with Gasteiger partial charge in [-0.05, 0) is 53.4 Å². The fourth-order valence-corrected chi connectivity index (χ4v) is 2.17. The molecule has 5 heteroatoms. The molecule has 0 aromatic heterocycles. The Hall–Kier alpha value is -0.650. The van der Waals surface area contributed by atoms with Gasteiger partial charge in [-0.3, -0.25) is 4.79 Å². The highest BCUT2D eigenvalue weighted by molar-refractivity contribution is 5.83. The third kappa shape index (κ3) is 4.26. The van der Waals surface area contributed by atoms with E-state index in [2.05, 4.69) is 23.9 Å². The first kappa shape index (κ1) is 14.4. The minimum absolute atomic E-state index is 0.416. The maximum Gasteiger partial charge on any atom is 0.237 e. The number of primary amides is 1. The van der Waals surface area contributed by atoms with Crippen molar-refractivity contribution in [2.75, 3.05) is 33.7 Å². The molecule has 0 spiro atoms. The van der Waals surface area contributed by atoms with Gasteiger partial charge >= 0.3 is 0 Å². The second kappa shape index (κ2) is 5.80. The number of piperidine rings is 1. The van der Waals surface area contributed by atoms with Crippen molar-refractivity contribution in [1.29, 1.82) is 0 Å². The Balaban J connectivity index is 2.29. The van der Waals surface area contributed by atoms with Crippen molar-refractivity contribution in [3.63, 3.8) is 0 Å². The SMILES string of the molecule is CN(C)C1CCN(CCC(C)(N)C(N)=O)CC1. The lowest BCUT2D eigenvalue weighted by atomic mass is 9.97. The van der Waals surface area contributed by atoms with E-state index in [1.54, 1.807) is 6.92 Å². The number of nitrogens with zero attached hydrogens (tertiary/aromatic N) is 2. The summed E-state index contributed by atoms with van der Waals surface area (Å²) in [4.78, 5) is 15.8. The maximum atomic E-state index is 11.1. The number of hydrogen-bond acceptors (Lipinski definition) is 4. The molecule has 0 aromatic carbocycles. The largest absolute Gasteiger partial charge is 0.368 e. The quantitative estimate of drug-likeness (QED) is 0.688. The van der Waals surface area contributed by atoms with Crippen LogP contribution in [0.25, 0.3) is 0 Å². The predicted molar refractivity (Wildman–Crippen MR) is 69.6 cm³/mol. The van der Waals surface area contributed by atoms with Gasteiger partial charge in [0, 0.05) is 12.6 Å². The average molecular weight is 242 g/mol. The molecular formula is C12H26N4O. The topological polar surface area (TPSA) is 75.6 Å². The Labute approximate surface area is 104 Å². The summed E-state index contributed by atoms with van der Waals surface area (Å²) in [5, 5.41) is 0. The van der Waals surface area contributed by atoms with Crippen LogP contribution in [0.3, 0.4) is 0 Å². The lowest BCUT2D eigenvalue weighted by molar-refractivity contribution is -0.122. The number of nitrogens with two attached hydrogens (primary N) is 2.